The first-order valence-corrected chi connectivity index (χ1v) is 8.22. The van der Waals surface area contributed by atoms with E-state index in [2.05, 4.69) is 11.1 Å². The number of anilines is 1. The molecular formula is C19H21N3O4. The Hall–Kier alpha value is -2.98. The summed E-state index contributed by atoms with van der Waals surface area (Å²) in [5.41, 5.74) is 8.66. The van der Waals surface area contributed by atoms with E-state index in [9.17, 15) is 5.26 Å². The van der Waals surface area contributed by atoms with Crippen molar-refractivity contribution in [1.29, 1.82) is 5.26 Å². The molecule has 7 nitrogen and oxygen atoms in total. The number of nitrogens with zero attached hydrogens (tertiary/aromatic N) is 2. The Morgan fingerprint density at radius 3 is 2.54 bits per heavy atom. The van der Waals surface area contributed by atoms with Gasteiger partial charge in [0.25, 0.3) is 0 Å². The number of nitrogen functional groups attached to an aromatic ring is 1. The van der Waals surface area contributed by atoms with Crippen molar-refractivity contribution in [2.75, 3.05) is 40.3 Å². The van der Waals surface area contributed by atoms with Crippen molar-refractivity contribution in [2.24, 2.45) is 0 Å². The van der Waals surface area contributed by atoms with E-state index in [1.807, 2.05) is 12.1 Å². The van der Waals surface area contributed by atoms with Crippen LogP contribution < -0.4 is 19.9 Å². The summed E-state index contributed by atoms with van der Waals surface area (Å²) in [5, 5.41) is 9.50. The van der Waals surface area contributed by atoms with Gasteiger partial charge in [0.15, 0.2) is 11.5 Å². The fourth-order valence-corrected chi connectivity index (χ4v) is 3.25. The minimum Gasteiger partial charge on any atom is -0.493 e. The molecule has 1 aliphatic rings. The summed E-state index contributed by atoms with van der Waals surface area (Å²) in [5.74, 6) is 1.85. The van der Waals surface area contributed by atoms with E-state index in [1.54, 1.807) is 27.4 Å². The van der Waals surface area contributed by atoms with Gasteiger partial charge in [0.2, 0.25) is 5.75 Å². The molecule has 1 aromatic heterocycles. The van der Waals surface area contributed by atoms with Crippen LogP contribution in [0.4, 0.5) is 5.82 Å². The van der Waals surface area contributed by atoms with E-state index in [0.717, 1.165) is 12.0 Å². The Bertz CT molecular complexity index is 855. The Morgan fingerprint density at radius 2 is 1.96 bits per heavy atom. The third-order valence-electron chi connectivity index (χ3n) is 4.54. The highest BCUT2D eigenvalue weighted by atomic mass is 16.5. The van der Waals surface area contributed by atoms with Crippen molar-refractivity contribution in [2.45, 2.75) is 12.3 Å². The molecule has 7 heteroatoms. The van der Waals surface area contributed by atoms with Crippen LogP contribution in [-0.4, -0.2) is 39.5 Å². The van der Waals surface area contributed by atoms with Gasteiger partial charge in [0.05, 0.1) is 39.2 Å². The monoisotopic (exact) mass is 355 g/mol. The standard InChI is InChI=1S/C19H21N3O4/c1-23-16-5-4-12(17(24-2)18(16)25-3)15-8-13(11-6-7-26-10-11)14(9-20)19(21)22-15/h4-5,8,11H,6-7,10H2,1-3H3,(H2,21,22)/t11-/m1/s1. The van der Waals surface area contributed by atoms with Gasteiger partial charge >= 0.3 is 0 Å². The van der Waals surface area contributed by atoms with Crippen LogP contribution in [0.15, 0.2) is 18.2 Å². The number of aromatic nitrogens is 1. The molecule has 26 heavy (non-hydrogen) atoms. The highest BCUT2D eigenvalue weighted by molar-refractivity contribution is 5.76. The number of hydrogen-bond acceptors (Lipinski definition) is 7. The molecule has 3 rings (SSSR count). The predicted octanol–water partition coefficient (Wildman–Crippen LogP) is 2.73. The largest absolute Gasteiger partial charge is 0.493 e. The van der Waals surface area contributed by atoms with Crippen LogP contribution in [-0.2, 0) is 4.74 Å². The van der Waals surface area contributed by atoms with Crippen LogP contribution in [0, 0.1) is 11.3 Å². The minimum atomic E-state index is 0.125. The molecule has 2 N–H and O–H groups in total. The quantitative estimate of drug-likeness (QED) is 0.880. The molecule has 0 spiro atoms. The van der Waals surface area contributed by atoms with Gasteiger partial charge in [-0.1, -0.05) is 0 Å². The van der Waals surface area contributed by atoms with Crippen molar-refractivity contribution in [3.63, 3.8) is 0 Å². The Balaban J connectivity index is 2.20. The molecule has 0 saturated carbocycles. The zero-order chi connectivity index (χ0) is 18.7. The molecule has 1 aromatic carbocycles. The van der Waals surface area contributed by atoms with Gasteiger partial charge in [-0.15, -0.1) is 0 Å². The summed E-state index contributed by atoms with van der Waals surface area (Å²) >= 11 is 0. The summed E-state index contributed by atoms with van der Waals surface area (Å²) in [6.45, 7) is 1.24. The normalized spacial score (nSPS) is 16.2. The van der Waals surface area contributed by atoms with Gasteiger partial charge in [-0.3, -0.25) is 0 Å². The SMILES string of the molecule is COc1ccc(-c2cc([C@@H]3CCOC3)c(C#N)c(N)n2)c(OC)c1OC. The first-order chi connectivity index (χ1) is 12.6. The fourth-order valence-electron chi connectivity index (χ4n) is 3.25. The molecule has 2 heterocycles. The van der Waals surface area contributed by atoms with E-state index >= 15 is 0 Å². The van der Waals surface area contributed by atoms with E-state index in [0.29, 0.717) is 47.3 Å². The number of methoxy groups -OCH3 is 3. The van der Waals surface area contributed by atoms with Crippen LogP contribution in [0.5, 0.6) is 17.2 Å². The second kappa shape index (κ2) is 7.50. The summed E-state index contributed by atoms with van der Waals surface area (Å²) < 4.78 is 21.8. The van der Waals surface area contributed by atoms with Crippen LogP contribution in [0.3, 0.4) is 0 Å². The van der Waals surface area contributed by atoms with E-state index in [4.69, 9.17) is 24.7 Å². The first kappa shape index (κ1) is 17.8. The first-order valence-electron chi connectivity index (χ1n) is 8.22. The zero-order valence-electron chi connectivity index (χ0n) is 15.0. The molecule has 0 unspecified atom stereocenters. The lowest BCUT2D eigenvalue weighted by Crippen LogP contribution is -2.07. The third-order valence-corrected chi connectivity index (χ3v) is 4.54. The van der Waals surface area contributed by atoms with Gasteiger partial charge in [-0.2, -0.15) is 5.26 Å². The number of nitrogens with two attached hydrogens (primary N) is 1. The van der Waals surface area contributed by atoms with Crippen molar-refractivity contribution < 1.29 is 18.9 Å². The molecular weight excluding hydrogens is 334 g/mol. The molecule has 0 aliphatic carbocycles. The van der Waals surface area contributed by atoms with Crippen LogP contribution in [0.1, 0.15) is 23.5 Å². The van der Waals surface area contributed by atoms with Crippen molar-refractivity contribution in [3.05, 3.63) is 29.3 Å². The number of nitriles is 1. The summed E-state index contributed by atoms with van der Waals surface area (Å²) in [4.78, 5) is 4.42. The second-order valence-electron chi connectivity index (χ2n) is 5.91. The van der Waals surface area contributed by atoms with Gasteiger partial charge in [0, 0.05) is 18.1 Å². The van der Waals surface area contributed by atoms with Gasteiger partial charge in [-0.05, 0) is 30.2 Å². The average Bonchev–Trinajstić information content (AvgIpc) is 3.20. The molecule has 1 aliphatic heterocycles. The van der Waals surface area contributed by atoms with Crippen molar-refractivity contribution in [1.82, 2.24) is 4.98 Å². The maximum absolute atomic E-state index is 9.50. The summed E-state index contributed by atoms with van der Waals surface area (Å²) in [7, 11) is 4.67. The Labute approximate surface area is 152 Å². The number of rotatable bonds is 5. The Kier molecular flexibility index (Phi) is 5.14. The van der Waals surface area contributed by atoms with E-state index < -0.39 is 0 Å². The molecule has 0 radical (unpaired) electrons. The summed E-state index contributed by atoms with van der Waals surface area (Å²) in [6, 6.07) is 7.68. The number of pyridine rings is 1. The minimum absolute atomic E-state index is 0.125. The molecule has 0 bridgehead atoms. The summed E-state index contributed by atoms with van der Waals surface area (Å²) in [6.07, 6.45) is 0.848. The average molecular weight is 355 g/mol. The molecule has 2 aromatic rings. The second-order valence-corrected chi connectivity index (χ2v) is 5.91. The van der Waals surface area contributed by atoms with Gasteiger partial charge in [-0.25, -0.2) is 4.98 Å². The lowest BCUT2D eigenvalue weighted by molar-refractivity contribution is 0.194. The number of ether oxygens (including phenoxy) is 4. The van der Waals surface area contributed by atoms with Gasteiger partial charge in [0.1, 0.15) is 11.9 Å². The number of hydrogen-bond donors (Lipinski definition) is 1. The maximum Gasteiger partial charge on any atom is 0.203 e. The topological polar surface area (TPSA) is 99.6 Å². The molecule has 1 fully saturated rings. The lowest BCUT2D eigenvalue weighted by atomic mass is 9.92. The predicted molar refractivity (Wildman–Crippen MR) is 96.6 cm³/mol. The molecule has 1 saturated heterocycles. The van der Waals surface area contributed by atoms with Gasteiger partial charge < -0.3 is 24.7 Å². The third kappa shape index (κ3) is 3.00. The van der Waals surface area contributed by atoms with Crippen molar-refractivity contribution >= 4 is 5.82 Å². The smallest absolute Gasteiger partial charge is 0.203 e. The van der Waals surface area contributed by atoms with Crippen LogP contribution >= 0.6 is 0 Å². The highest BCUT2D eigenvalue weighted by Crippen LogP contribution is 2.44. The molecule has 0 amide bonds. The molecule has 136 valence electrons. The van der Waals surface area contributed by atoms with Crippen molar-refractivity contribution in [3.8, 4) is 34.6 Å². The maximum atomic E-state index is 9.50. The Morgan fingerprint density at radius 1 is 1.19 bits per heavy atom. The fraction of sp³-hybridized carbons (Fsp3) is 0.368. The highest BCUT2D eigenvalue weighted by Gasteiger charge is 2.25. The zero-order valence-corrected chi connectivity index (χ0v) is 15.0. The molecule has 1 atom stereocenters. The van der Waals surface area contributed by atoms with Crippen LogP contribution in [0.2, 0.25) is 0 Å². The van der Waals surface area contributed by atoms with Crippen LogP contribution in [0.25, 0.3) is 11.3 Å². The number of benzene rings is 1. The van der Waals surface area contributed by atoms with E-state index in [-0.39, 0.29) is 11.7 Å². The van der Waals surface area contributed by atoms with E-state index in [1.165, 1.54) is 0 Å². The lowest BCUT2D eigenvalue weighted by Gasteiger charge is -2.18.